The number of likely N-dealkylation sites (N-methyl/N-ethyl adjacent to an activating group) is 1. The van der Waals surface area contributed by atoms with Crippen molar-refractivity contribution < 1.29 is 4.74 Å². The molecule has 3 rings (SSSR count). The lowest BCUT2D eigenvalue weighted by atomic mass is 10.2. The van der Waals surface area contributed by atoms with Crippen LogP contribution in [-0.2, 0) is 4.74 Å². The lowest BCUT2D eigenvalue weighted by Gasteiger charge is -2.24. The Balaban J connectivity index is 1.94. The SMILES string of the molecule is CN(c1cc(N)nc(-c2ccccc2)n1)C1CCOC1. The maximum absolute atomic E-state index is 5.92. The molecule has 0 saturated carbocycles. The molecule has 0 radical (unpaired) electrons. The molecule has 0 aliphatic carbocycles. The molecule has 2 N–H and O–H groups in total. The summed E-state index contributed by atoms with van der Waals surface area (Å²) in [6, 6.07) is 12.0. The van der Waals surface area contributed by atoms with Gasteiger partial charge in [-0.1, -0.05) is 30.3 Å². The topological polar surface area (TPSA) is 64.3 Å². The van der Waals surface area contributed by atoms with E-state index in [2.05, 4.69) is 14.9 Å². The van der Waals surface area contributed by atoms with Gasteiger partial charge in [0.1, 0.15) is 11.6 Å². The van der Waals surface area contributed by atoms with E-state index in [4.69, 9.17) is 10.5 Å². The third kappa shape index (κ3) is 2.58. The zero-order valence-corrected chi connectivity index (χ0v) is 11.5. The number of nitrogens with zero attached hydrogens (tertiary/aromatic N) is 3. The molecule has 1 unspecified atom stereocenters. The summed E-state index contributed by atoms with van der Waals surface area (Å²) in [6.45, 7) is 1.54. The lowest BCUT2D eigenvalue weighted by Crippen LogP contribution is -2.32. The molecule has 0 amide bonds. The second kappa shape index (κ2) is 5.46. The van der Waals surface area contributed by atoms with Crippen molar-refractivity contribution in [3.8, 4) is 11.4 Å². The van der Waals surface area contributed by atoms with E-state index >= 15 is 0 Å². The van der Waals surface area contributed by atoms with Gasteiger partial charge >= 0.3 is 0 Å². The van der Waals surface area contributed by atoms with Crippen LogP contribution in [0.5, 0.6) is 0 Å². The second-order valence-corrected chi connectivity index (χ2v) is 4.97. The number of benzene rings is 1. The van der Waals surface area contributed by atoms with Gasteiger partial charge in [0.15, 0.2) is 5.82 Å². The molecule has 1 aliphatic heterocycles. The van der Waals surface area contributed by atoms with Gasteiger partial charge in [-0.25, -0.2) is 9.97 Å². The van der Waals surface area contributed by atoms with Crippen molar-refractivity contribution >= 4 is 11.6 Å². The van der Waals surface area contributed by atoms with Crippen molar-refractivity contribution in [1.29, 1.82) is 0 Å². The normalized spacial score (nSPS) is 18.1. The molecule has 2 heterocycles. The minimum absolute atomic E-state index is 0.355. The summed E-state index contributed by atoms with van der Waals surface area (Å²) in [4.78, 5) is 11.1. The van der Waals surface area contributed by atoms with Gasteiger partial charge in [-0.2, -0.15) is 0 Å². The lowest BCUT2D eigenvalue weighted by molar-refractivity contribution is 0.193. The van der Waals surface area contributed by atoms with Crippen LogP contribution in [0.25, 0.3) is 11.4 Å². The third-order valence-electron chi connectivity index (χ3n) is 3.58. The predicted octanol–water partition coefficient (Wildman–Crippen LogP) is 1.95. The van der Waals surface area contributed by atoms with E-state index in [1.807, 2.05) is 43.4 Å². The number of hydrogen-bond acceptors (Lipinski definition) is 5. The number of nitrogen functional groups attached to an aromatic ring is 1. The van der Waals surface area contributed by atoms with E-state index in [0.717, 1.165) is 31.0 Å². The van der Waals surface area contributed by atoms with E-state index in [1.54, 1.807) is 0 Å². The summed E-state index contributed by atoms with van der Waals surface area (Å²) in [6.07, 6.45) is 1.01. The van der Waals surface area contributed by atoms with Crippen LogP contribution in [0, 0.1) is 0 Å². The van der Waals surface area contributed by atoms with Crippen LogP contribution >= 0.6 is 0 Å². The van der Waals surface area contributed by atoms with Gasteiger partial charge in [0.25, 0.3) is 0 Å². The van der Waals surface area contributed by atoms with Gasteiger partial charge in [-0.15, -0.1) is 0 Å². The minimum atomic E-state index is 0.355. The number of nitrogens with two attached hydrogens (primary N) is 1. The summed E-state index contributed by atoms with van der Waals surface area (Å²) >= 11 is 0. The molecular formula is C15H18N4O. The summed E-state index contributed by atoms with van der Waals surface area (Å²) < 4.78 is 5.43. The first-order chi connectivity index (χ1) is 9.74. The Bertz CT molecular complexity index is 582. The van der Waals surface area contributed by atoms with E-state index in [1.165, 1.54) is 0 Å². The molecule has 1 fully saturated rings. The smallest absolute Gasteiger partial charge is 0.163 e. The Morgan fingerprint density at radius 3 is 2.75 bits per heavy atom. The highest BCUT2D eigenvalue weighted by molar-refractivity contribution is 5.60. The van der Waals surface area contributed by atoms with Gasteiger partial charge < -0.3 is 15.4 Å². The Hall–Kier alpha value is -2.14. The zero-order valence-electron chi connectivity index (χ0n) is 11.5. The molecule has 5 heteroatoms. The monoisotopic (exact) mass is 270 g/mol. The first kappa shape index (κ1) is 12.9. The Morgan fingerprint density at radius 1 is 1.25 bits per heavy atom. The zero-order chi connectivity index (χ0) is 13.9. The summed E-state index contributed by atoms with van der Waals surface area (Å²) in [5.41, 5.74) is 6.89. The molecule has 1 aromatic heterocycles. The fourth-order valence-electron chi connectivity index (χ4n) is 2.36. The van der Waals surface area contributed by atoms with Crippen LogP contribution in [0.2, 0.25) is 0 Å². The fraction of sp³-hybridized carbons (Fsp3) is 0.333. The molecule has 5 nitrogen and oxygen atoms in total. The number of ether oxygens (including phenoxy) is 1. The average molecular weight is 270 g/mol. The molecule has 1 aliphatic rings. The van der Waals surface area contributed by atoms with Crippen LogP contribution in [0.4, 0.5) is 11.6 Å². The van der Waals surface area contributed by atoms with Crippen molar-refractivity contribution in [2.75, 3.05) is 30.9 Å². The van der Waals surface area contributed by atoms with E-state index < -0.39 is 0 Å². The van der Waals surface area contributed by atoms with Crippen molar-refractivity contribution in [2.24, 2.45) is 0 Å². The number of hydrogen-bond donors (Lipinski definition) is 1. The Kier molecular flexibility index (Phi) is 3.52. The van der Waals surface area contributed by atoms with Crippen LogP contribution in [0.1, 0.15) is 6.42 Å². The molecule has 2 aromatic rings. The highest BCUT2D eigenvalue weighted by atomic mass is 16.5. The summed E-state index contributed by atoms with van der Waals surface area (Å²) in [5, 5.41) is 0. The molecule has 20 heavy (non-hydrogen) atoms. The van der Waals surface area contributed by atoms with Gasteiger partial charge in [0.2, 0.25) is 0 Å². The molecular weight excluding hydrogens is 252 g/mol. The Labute approximate surface area is 118 Å². The quantitative estimate of drug-likeness (QED) is 0.923. The highest BCUT2D eigenvalue weighted by Gasteiger charge is 2.22. The fourth-order valence-corrected chi connectivity index (χ4v) is 2.36. The highest BCUT2D eigenvalue weighted by Crippen LogP contribution is 2.23. The van der Waals surface area contributed by atoms with E-state index in [9.17, 15) is 0 Å². The standard InChI is InChI=1S/C15H18N4O/c1-19(12-7-8-20-10-12)14-9-13(16)17-15(18-14)11-5-3-2-4-6-11/h2-6,9,12H,7-8,10H2,1H3,(H2,16,17,18). The van der Waals surface area contributed by atoms with Crippen LogP contribution in [0.15, 0.2) is 36.4 Å². The second-order valence-electron chi connectivity index (χ2n) is 4.97. The van der Waals surface area contributed by atoms with Crippen LogP contribution in [-0.4, -0.2) is 36.3 Å². The number of anilines is 2. The first-order valence-corrected chi connectivity index (χ1v) is 6.74. The van der Waals surface area contributed by atoms with Gasteiger partial charge in [0, 0.05) is 25.3 Å². The third-order valence-corrected chi connectivity index (χ3v) is 3.58. The van der Waals surface area contributed by atoms with Crippen molar-refractivity contribution in [2.45, 2.75) is 12.5 Å². The predicted molar refractivity (Wildman–Crippen MR) is 79.5 cm³/mol. The summed E-state index contributed by atoms with van der Waals surface area (Å²) in [7, 11) is 2.02. The molecule has 0 bridgehead atoms. The minimum Gasteiger partial charge on any atom is -0.384 e. The van der Waals surface area contributed by atoms with Crippen molar-refractivity contribution in [3.05, 3.63) is 36.4 Å². The van der Waals surface area contributed by atoms with E-state index in [0.29, 0.717) is 17.7 Å². The average Bonchev–Trinajstić information content (AvgIpc) is 3.01. The largest absolute Gasteiger partial charge is 0.384 e. The van der Waals surface area contributed by atoms with Gasteiger partial charge in [-0.05, 0) is 6.42 Å². The van der Waals surface area contributed by atoms with Crippen molar-refractivity contribution in [3.63, 3.8) is 0 Å². The maximum Gasteiger partial charge on any atom is 0.163 e. The van der Waals surface area contributed by atoms with Crippen LogP contribution < -0.4 is 10.6 Å². The Morgan fingerprint density at radius 2 is 2.05 bits per heavy atom. The van der Waals surface area contributed by atoms with Gasteiger partial charge in [-0.3, -0.25) is 0 Å². The molecule has 1 aromatic carbocycles. The molecule has 1 saturated heterocycles. The van der Waals surface area contributed by atoms with Crippen LogP contribution in [0.3, 0.4) is 0 Å². The number of aromatic nitrogens is 2. The van der Waals surface area contributed by atoms with E-state index in [-0.39, 0.29) is 0 Å². The number of rotatable bonds is 3. The maximum atomic E-state index is 5.92. The summed E-state index contributed by atoms with van der Waals surface area (Å²) in [5.74, 6) is 1.98. The molecule has 1 atom stereocenters. The molecule has 104 valence electrons. The first-order valence-electron chi connectivity index (χ1n) is 6.74. The van der Waals surface area contributed by atoms with Crippen molar-refractivity contribution in [1.82, 2.24) is 9.97 Å². The van der Waals surface area contributed by atoms with Gasteiger partial charge in [0.05, 0.1) is 12.6 Å². The molecule has 0 spiro atoms.